The van der Waals surface area contributed by atoms with Crippen molar-refractivity contribution in [3.63, 3.8) is 0 Å². The van der Waals surface area contributed by atoms with Crippen molar-refractivity contribution in [1.82, 2.24) is 4.90 Å². The van der Waals surface area contributed by atoms with E-state index in [0.717, 1.165) is 19.5 Å². The van der Waals surface area contributed by atoms with Gasteiger partial charge in [0.05, 0.1) is 12.1 Å². The SMILES string of the molecule is CC(N)C1CCN(C(C)C#N)C1. The predicted molar refractivity (Wildman–Crippen MR) is 48.4 cm³/mol. The Hall–Kier alpha value is -0.590. The summed E-state index contributed by atoms with van der Waals surface area (Å²) in [7, 11) is 0. The van der Waals surface area contributed by atoms with Gasteiger partial charge < -0.3 is 5.73 Å². The molecule has 0 saturated carbocycles. The molecule has 3 atom stereocenters. The van der Waals surface area contributed by atoms with Crippen molar-refractivity contribution >= 4 is 0 Å². The molecule has 12 heavy (non-hydrogen) atoms. The fourth-order valence-electron chi connectivity index (χ4n) is 1.68. The molecule has 0 aromatic rings. The lowest BCUT2D eigenvalue weighted by Crippen LogP contribution is -2.33. The Balaban J connectivity index is 2.41. The van der Waals surface area contributed by atoms with Crippen molar-refractivity contribution in [2.24, 2.45) is 11.7 Å². The topological polar surface area (TPSA) is 53.0 Å². The molecule has 3 unspecified atom stereocenters. The molecule has 0 spiro atoms. The molecular weight excluding hydrogens is 150 g/mol. The van der Waals surface area contributed by atoms with Crippen molar-refractivity contribution in [2.75, 3.05) is 13.1 Å². The number of nitrogens with two attached hydrogens (primary N) is 1. The molecule has 3 nitrogen and oxygen atoms in total. The van der Waals surface area contributed by atoms with Gasteiger partial charge in [0.2, 0.25) is 0 Å². The van der Waals surface area contributed by atoms with Crippen molar-refractivity contribution in [1.29, 1.82) is 5.26 Å². The number of rotatable bonds is 2. The number of nitrogens with zero attached hydrogens (tertiary/aromatic N) is 2. The maximum absolute atomic E-state index is 8.70. The van der Waals surface area contributed by atoms with Crippen LogP contribution in [0.4, 0.5) is 0 Å². The highest BCUT2D eigenvalue weighted by Gasteiger charge is 2.27. The van der Waals surface area contributed by atoms with Crippen LogP contribution in [0.2, 0.25) is 0 Å². The molecule has 2 N–H and O–H groups in total. The monoisotopic (exact) mass is 167 g/mol. The van der Waals surface area contributed by atoms with E-state index in [9.17, 15) is 0 Å². The lowest BCUT2D eigenvalue weighted by atomic mass is 10.0. The highest BCUT2D eigenvalue weighted by Crippen LogP contribution is 2.20. The van der Waals surface area contributed by atoms with E-state index in [1.165, 1.54) is 0 Å². The van der Waals surface area contributed by atoms with Crippen LogP contribution in [0.5, 0.6) is 0 Å². The van der Waals surface area contributed by atoms with E-state index in [-0.39, 0.29) is 12.1 Å². The maximum Gasteiger partial charge on any atom is 0.0949 e. The minimum atomic E-state index is 0.0498. The summed E-state index contributed by atoms with van der Waals surface area (Å²) in [6, 6.07) is 2.57. The van der Waals surface area contributed by atoms with Gasteiger partial charge in [-0.15, -0.1) is 0 Å². The molecule has 1 aliphatic rings. The van der Waals surface area contributed by atoms with Crippen LogP contribution >= 0.6 is 0 Å². The molecule has 0 aromatic carbocycles. The molecule has 3 heteroatoms. The van der Waals surface area contributed by atoms with Gasteiger partial charge in [-0.2, -0.15) is 5.26 Å². The first kappa shape index (κ1) is 9.50. The summed E-state index contributed by atoms with van der Waals surface area (Å²) in [6.07, 6.45) is 1.14. The number of hydrogen-bond acceptors (Lipinski definition) is 3. The van der Waals surface area contributed by atoms with Crippen LogP contribution in [0, 0.1) is 17.2 Å². The van der Waals surface area contributed by atoms with E-state index in [1.54, 1.807) is 0 Å². The highest BCUT2D eigenvalue weighted by atomic mass is 15.2. The van der Waals surface area contributed by atoms with Gasteiger partial charge in [-0.1, -0.05) is 0 Å². The van der Waals surface area contributed by atoms with Crippen LogP contribution in [0.25, 0.3) is 0 Å². The third-order valence-corrected chi connectivity index (χ3v) is 2.73. The fraction of sp³-hybridized carbons (Fsp3) is 0.889. The van der Waals surface area contributed by atoms with Crippen molar-refractivity contribution < 1.29 is 0 Å². The molecule has 1 saturated heterocycles. The molecule has 1 rings (SSSR count). The van der Waals surface area contributed by atoms with E-state index in [2.05, 4.69) is 11.0 Å². The van der Waals surface area contributed by atoms with Crippen LogP contribution in [-0.2, 0) is 0 Å². The smallest absolute Gasteiger partial charge is 0.0949 e. The molecular formula is C9H17N3. The van der Waals surface area contributed by atoms with E-state index in [4.69, 9.17) is 11.0 Å². The third-order valence-electron chi connectivity index (χ3n) is 2.73. The molecule has 0 amide bonds. The average Bonchev–Trinajstić information content (AvgIpc) is 2.51. The Morgan fingerprint density at radius 1 is 1.58 bits per heavy atom. The first-order valence-electron chi connectivity index (χ1n) is 4.54. The Kier molecular flexibility index (Phi) is 3.07. The van der Waals surface area contributed by atoms with Crippen LogP contribution in [0.1, 0.15) is 20.3 Å². The van der Waals surface area contributed by atoms with Gasteiger partial charge in [-0.05, 0) is 32.7 Å². The summed E-state index contributed by atoms with van der Waals surface area (Å²) in [5.74, 6) is 0.584. The minimum Gasteiger partial charge on any atom is -0.328 e. The van der Waals surface area contributed by atoms with Crippen molar-refractivity contribution in [2.45, 2.75) is 32.4 Å². The zero-order valence-corrected chi connectivity index (χ0v) is 7.83. The number of nitriles is 1. The van der Waals surface area contributed by atoms with Crippen molar-refractivity contribution in [3.05, 3.63) is 0 Å². The van der Waals surface area contributed by atoms with Gasteiger partial charge in [-0.25, -0.2) is 0 Å². The standard InChI is InChI=1S/C9H17N3/c1-7(5-10)12-4-3-9(6-12)8(2)11/h7-9H,3-4,6,11H2,1-2H3. The third kappa shape index (κ3) is 1.96. The van der Waals surface area contributed by atoms with Crippen LogP contribution in [0.3, 0.4) is 0 Å². The zero-order chi connectivity index (χ0) is 9.14. The summed E-state index contributed by atoms with van der Waals surface area (Å²) in [5.41, 5.74) is 5.79. The van der Waals surface area contributed by atoms with E-state index in [1.807, 2.05) is 13.8 Å². The molecule has 68 valence electrons. The molecule has 0 radical (unpaired) electrons. The lowest BCUT2D eigenvalue weighted by Gasteiger charge is -2.19. The molecule has 0 aromatic heterocycles. The van der Waals surface area contributed by atoms with E-state index < -0.39 is 0 Å². The second kappa shape index (κ2) is 3.88. The molecule has 0 aliphatic carbocycles. The summed E-state index contributed by atoms with van der Waals surface area (Å²) in [6.45, 7) is 6.02. The van der Waals surface area contributed by atoms with E-state index in [0.29, 0.717) is 5.92 Å². The zero-order valence-electron chi connectivity index (χ0n) is 7.83. The summed E-state index contributed by atoms with van der Waals surface area (Å²) >= 11 is 0. The average molecular weight is 167 g/mol. The molecule has 1 aliphatic heterocycles. The summed E-state index contributed by atoms with van der Waals surface area (Å²) in [4.78, 5) is 2.20. The molecule has 1 fully saturated rings. The van der Waals surface area contributed by atoms with E-state index >= 15 is 0 Å². The Bertz CT molecular complexity index is 183. The Morgan fingerprint density at radius 3 is 2.67 bits per heavy atom. The number of hydrogen-bond donors (Lipinski definition) is 1. The Labute approximate surface area is 74.1 Å². The quantitative estimate of drug-likeness (QED) is 0.654. The first-order chi connectivity index (χ1) is 5.65. The van der Waals surface area contributed by atoms with Gasteiger partial charge in [0.1, 0.15) is 0 Å². The fourth-order valence-corrected chi connectivity index (χ4v) is 1.68. The van der Waals surface area contributed by atoms with Crippen molar-refractivity contribution in [3.8, 4) is 6.07 Å². The van der Waals surface area contributed by atoms with Gasteiger partial charge in [0, 0.05) is 12.6 Å². The van der Waals surface area contributed by atoms with Crippen LogP contribution in [-0.4, -0.2) is 30.1 Å². The van der Waals surface area contributed by atoms with Crippen LogP contribution < -0.4 is 5.73 Å². The molecule has 1 heterocycles. The highest BCUT2D eigenvalue weighted by molar-refractivity contribution is 4.93. The maximum atomic E-state index is 8.70. The van der Waals surface area contributed by atoms with Gasteiger partial charge in [-0.3, -0.25) is 4.90 Å². The summed E-state index contributed by atoms with van der Waals surface area (Å²) in [5, 5.41) is 8.70. The normalized spacial score (nSPS) is 29.7. The second-order valence-corrected chi connectivity index (χ2v) is 3.71. The summed E-state index contributed by atoms with van der Waals surface area (Å²) < 4.78 is 0. The van der Waals surface area contributed by atoms with Crippen LogP contribution in [0.15, 0.2) is 0 Å². The van der Waals surface area contributed by atoms with Gasteiger partial charge in [0.25, 0.3) is 0 Å². The first-order valence-corrected chi connectivity index (χ1v) is 4.54. The number of likely N-dealkylation sites (tertiary alicyclic amines) is 1. The lowest BCUT2D eigenvalue weighted by molar-refractivity contribution is 0.286. The Morgan fingerprint density at radius 2 is 2.25 bits per heavy atom. The predicted octanol–water partition coefficient (Wildman–Crippen LogP) is 0.568. The second-order valence-electron chi connectivity index (χ2n) is 3.71. The minimum absolute atomic E-state index is 0.0498. The van der Waals surface area contributed by atoms with Gasteiger partial charge >= 0.3 is 0 Å². The van der Waals surface area contributed by atoms with Gasteiger partial charge in [0.15, 0.2) is 0 Å². The molecule has 0 bridgehead atoms. The largest absolute Gasteiger partial charge is 0.328 e.